The molecule has 0 aromatic heterocycles. The van der Waals surface area contributed by atoms with Gasteiger partial charge >= 0.3 is 23.9 Å². The highest BCUT2D eigenvalue weighted by atomic mass is 16.6. The van der Waals surface area contributed by atoms with Crippen LogP contribution < -0.4 is 0 Å². The average Bonchev–Trinajstić information content (AvgIpc) is 3.12. The molecule has 1 heterocycles. The Morgan fingerprint density at radius 1 is 0.909 bits per heavy atom. The van der Waals surface area contributed by atoms with E-state index in [-0.39, 0.29) is 46.6 Å². The second-order valence-electron chi connectivity index (χ2n) is 16.5. The number of carbonyl (C=O) groups excluding carboxylic acids is 4. The molecule has 0 N–H and O–H groups in total. The lowest BCUT2D eigenvalue weighted by atomic mass is 9.32. The maximum atomic E-state index is 13.9. The molecular formula is C36H52O8. The van der Waals surface area contributed by atoms with E-state index in [9.17, 15) is 19.2 Å². The highest BCUT2D eigenvalue weighted by molar-refractivity contribution is 5.82. The molecule has 0 unspecified atom stereocenters. The largest absolute Gasteiger partial charge is 0.465 e. The number of fused-ring (bicyclic) bond motifs is 4. The predicted octanol–water partition coefficient (Wildman–Crippen LogP) is 6.20. The first kappa shape index (κ1) is 31.6. The van der Waals surface area contributed by atoms with Gasteiger partial charge in [0.05, 0.1) is 5.41 Å². The zero-order valence-corrected chi connectivity index (χ0v) is 28.1. The van der Waals surface area contributed by atoms with Gasteiger partial charge < -0.3 is 18.9 Å². The van der Waals surface area contributed by atoms with E-state index in [0.717, 1.165) is 38.5 Å². The van der Waals surface area contributed by atoms with Gasteiger partial charge in [0.2, 0.25) is 0 Å². The molecule has 0 aromatic carbocycles. The van der Waals surface area contributed by atoms with Crippen LogP contribution in [0.4, 0.5) is 0 Å². The van der Waals surface area contributed by atoms with Gasteiger partial charge in [-0.25, -0.2) is 0 Å². The van der Waals surface area contributed by atoms with Crippen LogP contribution in [0.15, 0.2) is 12.2 Å². The van der Waals surface area contributed by atoms with Crippen LogP contribution in [-0.4, -0.2) is 48.3 Å². The molecule has 244 valence electrons. The molecule has 6 rings (SSSR count). The third-order valence-electron chi connectivity index (χ3n) is 14.7. The van der Waals surface area contributed by atoms with Gasteiger partial charge in [-0.2, -0.15) is 0 Å². The molecule has 5 aliphatic carbocycles. The van der Waals surface area contributed by atoms with E-state index in [1.165, 1.54) is 20.8 Å². The topological polar surface area (TPSA) is 105 Å². The van der Waals surface area contributed by atoms with Gasteiger partial charge in [-0.05, 0) is 85.5 Å². The van der Waals surface area contributed by atoms with E-state index >= 15 is 0 Å². The van der Waals surface area contributed by atoms with Crippen LogP contribution in [0.1, 0.15) is 107 Å². The highest BCUT2D eigenvalue weighted by Gasteiger charge is 2.81. The molecule has 1 spiro atoms. The van der Waals surface area contributed by atoms with Crippen molar-refractivity contribution in [3.8, 4) is 0 Å². The van der Waals surface area contributed by atoms with Crippen molar-refractivity contribution in [3.05, 3.63) is 12.2 Å². The third-order valence-corrected chi connectivity index (χ3v) is 14.7. The van der Waals surface area contributed by atoms with Crippen LogP contribution in [0, 0.1) is 56.7 Å². The van der Waals surface area contributed by atoms with Gasteiger partial charge in [0, 0.05) is 37.5 Å². The van der Waals surface area contributed by atoms with Crippen LogP contribution in [0.3, 0.4) is 0 Å². The number of ether oxygens (including phenoxy) is 4. The molecule has 1 saturated heterocycles. The van der Waals surface area contributed by atoms with E-state index < -0.39 is 46.5 Å². The Balaban J connectivity index is 1.49. The summed E-state index contributed by atoms with van der Waals surface area (Å²) >= 11 is 0. The molecule has 13 atom stereocenters. The molecule has 1 aliphatic heterocycles. The zero-order valence-electron chi connectivity index (χ0n) is 28.1. The summed E-state index contributed by atoms with van der Waals surface area (Å²) in [6.45, 7) is 18.0. The minimum absolute atomic E-state index is 0.00217. The van der Waals surface area contributed by atoms with Crippen molar-refractivity contribution >= 4 is 23.9 Å². The molecule has 4 saturated carbocycles. The first-order chi connectivity index (χ1) is 20.4. The maximum absolute atomic E-state index is 13.9. The van der Waals surface area contributed by atoms with Crippen LogP contribution in [0.2, 0.25) is 0 Å². The van der Waals surface area contributed by atoms with Crippen LogP contribution in [0.25, 0.3) is 0 Å². The monoisotopic (exact) mass is 612 g/mol. The number of hydrogen-bond acceptors (Lipinski definition) is 8. The maximum Gasteiger partial charge on any atom is 0.313 e. The number of allylic oxidation sites excluding steroid dienone is 1. The van der Waals surface area contributed by atoms with Gasteiger partial charge in [0.15, 0.2) is 0 Å². The highest BCUT2D eigenvalue weighted by Crippen LogP contribution is 2.79. The molecule has 0 radical (unpaired) electrons. The second kappa shape index (κ2) is 9.81. The summed E-state index contributed by atoms with van der Waals surface area (Å²) in [4.78, 5) is 50.9. The fourth-order valence-corrected chi connectivity index (χ4v) is 12.5. The van der Waals surface area contributed by atoms with E-state index in [0.29, 0.717) is 18.3 Å². The lowest BCUT2D eigenvalue weighted by molar-refractivity contribution is -0.270. The number of rotatable bonds is 4. The molecule has 2 bridgehead atoms. The molecule has 44 heavy (non-hydrogen) atoms. The molecule has 5 fully saturated rings. The third kappa shape index (κ3) is 3.81. The molecule has 8 nitrogen and oxygen atoms in total. The Kier molecular flexibility index (Phi) is 7.04. The minimum atomic E-state index is -0.787. The summed E-state index contributed by atoms with van der Waals surface area (Å²) in [6.07, 6.45) is 9.15. The van der Waals surface area contributed by atoms with E-state index in [2.05, 4.69) is 46.8 Å². The number of hydrogen-bond donors (Lipinski definition) is 0. The molecular weight excluding hydrogens is 560 g/mol. The predicted molar refractivity (Wildman–Crippen MR) is 162 cm³/mol. The van der Waals surface area contributed by atoms with Crippen molar-refractivity contribution in [1.82, 2.24) is 0 Å². The molecule has 0 aromatic rings. The first-order valence-electron chi connectivity index (χ1n) is 16.8. The summed E-state index contributed by atoms with van der Waals surface area (Å²) in [7, 11) is 0. The standard InChI is InChI=1S/C36H52O8/c1-20-10-14-35-17-16-34(9)33(8)13-11-26-31(6,27(33)12-15-36(34,44-30(35)40)28(35)21(20)2)18-25(42-23(4)38)29(43-24(5)39)32(26,7)19-41-22(3)37/h12,15,20-21,25-29H,10-11,13-14,16-19H2,1-9H3/t20-,21+,25-,26-,27-,28-,29+,31+,32+,33-,34+,35+,36+/m1/s1. The summed E-state index contributed by atoms with van der Waals surface area (Å²) in [6, 6.07) is 0. The molecule has 0 amide bonds. The summed E-state index contributed by atoms with van der Waals surface area (Å²) in [5, 5.41) is 0. The van der Waals surface area contributed by atoms with Crippen molar-refractivity contribution < 1.29 is 38.1 Å². The zero-order chi connectivity index (χ0) is 32.3. The fourth-order valence-electron chi connectivity index (χ4n) is 12.5. The average molecular weight is 613 g/mol. The quantitative estimate of drug-likeness (QED) is 0.210. The van der Waals surface area contributed by atoms with Gasteiger partial charge in [-0.1, -0.05) is 47.6 Å². The van der Waals surface area contributed by atoms with Crippen LogP contribution >= 0.6 is 0 Å². The summed E-state index contributed by atoms with van der Waals surface area (Å²) < 4.78 is 24.4. The first-order valence-corrected chi connectivity index (χ1v) is 16.8. The smallest absolute Gasteiger partial charge is 0.313 e. The van der Waals surface area contributed by atoms with E-state index in [1.54, 1.807) is 0 Å². The Bertz CT molecular complexity index is 1310. The van der Waals surface area contributed by atoms with Crippen molar-refractivity contribution in [2.24, 2.45) is 56.7 Å². The number of carbonyl (C=O) groups is 4. The Labute approximate surface area is 262 Å². The van der Waals surface area contributed by atoms with E-state index in [4.69, 9.17) is 18.9 Å². The Morgan fingerprint density at radius 3 is 2.23 bits per heavy atom. The van der Waals surface area contributed by atoms with Gasteiger partial charge in [-0.3, -0.25) is 19.2 Å². The van der Waals surface area contributed by atoms with Gasteiger partial charge in [-0.15, -0.1) is 0 Å². The second-order valence-corrected chi connectivity index (χ2v) is 16.5. The van der Waals surface area contributed by atoms with Crippen molar-refractivity contribution in [2.45, 2.75) is 125 Å². The minimum Gasteiger partial charge on any atom is -0.465 e. The lowest BCUT2D eigenvalue weighted by Gasteiger charge is -2.72. The lowest BCUT2D eigenvalue weighted by Crippen LogP contribution is -2.72. The SMILES string of the molecule is CC(=O)OC[C@@]1(C)[C@@H]2CC[C@]3(C)[C@H](C=C[C@]45OC(=O)[C@@]6(CC[C@@H](C)[C@H](C)[C@H]64)CC[C@]53C)[C@@]2(C)C[C@@H](OC(C)=O)[C@@H]1OC(C)=O. The van der Waals surface area contributed by atoms with Crippen LogP contribution in [0.5, 0.6) is 0 Å². The van der Waals surface area contributed by atoms with Crippen molar-refractivity contribution in [3.63, 3.8) is 0 Å². The summed E-state index contributed by atoms with van der Waals surface area (Å²) in [5.41, 5.74) is -2.75. The molecule has 8 heteroatoms. The Hall–Kier alpha value is -2.38. The van der Waals surface area contributed by atoms with Gasteiger partial charge in [0.1, 0.15) is 24.4 Å². The van der Waals surface area contributed by atoms with Crippen molar-refractivity contribution in [2.75, 3.05) is 6.61 Å². The van der Waals surface area contributed by atoms with Crippen molar-refractivity contribution in [1.29, 1.82) is 0 Å². The Morgan fingerprint density at radius 2 is 1.59 bits per heavy atom. The van der Waals surface area contributed by atoms with Crippen LogP contribution in [-0.2, 0) is 38.1 Å². The summed E-state index contributed by atoms with van der Waals surface area (Å²) in [5.74, 6) is -0.176. The van der Waals surface area contributed by atoms with E-state index in [1.807, 2.05) is 6.92 Å². The number of esters is 4. The fraction of sp³-hybridized carbons (Fsp3) is 0.833. The molecule has 6 aliphatic rings. The normalized spacial score (nSPS) is 51.9. The van der Waals surface area contributed by atoms with Gasteiger partial charge in [0.25, 0.3) is 0 Å².